The first-order valence-corrected chi connectivity index (χ1v) is 10.5. The zero-order valence-electron chi connectivity index (χ0n) is 17.1. The van der Waals surface area contributed by atoms with E-state index in [1.807, 2.05) is 17.9 Å². The molecule has 2 unspecified atom stereocenters. The second kappa shape index (κ2) is 7.46. The summed E-state index contributed by atoms with van der Waals surface area (Å²) in [6.07, 6.45) is 8.04. The third kappa shape index (κ3) is 3.64. The van der Waals surface area contributed by atoms with Crippen LogP contribution in [0, 0.1) is 11.8 Å². The molecule has 4 aliphatic rings. The first-order valence-electron chi connectivity index (χ1n) is 10.5. The van der Waals surface area contributed by atoms with Crippen LogP contribution < -0.4 is 5.32 Å². The van der Waals surface area contributed by atoms with E-state index in [1.54, 1.807) is 4.90 Å². The number of nitrogens with one attached hydrogen (secondary N) is 1. The van der Waals surface area contributed by atoms with Crippen molar-refractivity contribution < 1.29 is 9.53 Å². The number of ether oxygens (including phenoxy) is 1. The van der Waals surface area contributed by atoms with Crippen LogP contribution in [0.1, 0.15) is 25.3 Å². The summed E-state index contributed by atoms with van der Waals surface area (Å²) in [4.78, 5) is 24.1. The van der Waals surface area contributed by atoms with Gasteiger partial charge in [0.1, 0.15) is 12.5 Å². The number of carbonyl (C=O) groups excluding carboxylic acids is 1. The number of aromatic nitrogens is 2. The van der Waals surface area contributed by atoms with Crippen molar-refractivity contribution in [2.75, 3.05) is 33.0 Å². The number of amides is 2. The van der Waals surface area contributed by atoms with E-state index in [-0.39, 0.29) is 11.9 Å². The Morgan fingerprint density at radius 1 is 1.28 bits per heavy atom. The molecule has 0 aliphatic carbocycles. The molecule has 0 aromatic carbocycles. The van der Waals surface area contributed by atoms with Crippen LogP contribution in [-0.4, -0.2) is 75.4 Å². The lowest BCUT2D eigenvalue weighted by molar-refractivity contribution is 0.0459. The Kier molecular flexibility index (Phi) is 4.79. The first kappa shape index (κ1) is 18.6. The van der Waals surface area contributed by atoms with Crippen molar-refractivity contribution in [1.29, 1.82) is 0 Å². The Labute approximate surface area is 171 Å². The second-order valence-corrected chi connectivity index (χ2v) is 8.64. The predicted octanol–water partition coefficient (Wildman–Crippen LogP) is 1.16. The van der Waals surface area contributed by atoms with Crippen molar-refractivity contribution in [3.05, 3.63) is 30.0 Å². The summed E-state index contributed by atoms with van der Waals surface area (Å²) in [5.41, 5.74) is 1.21. The molecule has 0 bridgehead atoms. The molecular weight excluding hydrogens is 370 g/mol. The van der Waals surface area contributed by atoms with Crippen LogP contribution in [0.5, 0.6) is 0 Å². The number of likely N-dealkylation sites (tertiary alicyclic amines) is 1. The molecule has 2 saturated heterocycles. The molecule has 2 amide bonds. The van der Waals surface area contributed by atoms with Crippen LogP contribution in [-0.2, 0) is 18.3 Å². The number of hydrogen-bond acceptors (Lipinski definition) is 6. The molecule has 9 nitrogen and oxygen atoms in total. The van der Waals surface area contributed by atoms with Gasteiger partial charge >= 0.3 is 6.03 Å². The largest absolute Gasteiger partial charge is 0.381 e. The van der Waals surface area contributed by atoms with Gasteiger partial charge in [0.25, 0.3) is 0 Å². The number of urea groups is 1. The number of hydrogen-bond donors (Lipinski definition) is 1. The van der Waals surface area contributed by atoms with Crippen LogP contribution in [0.4, 0.5) is 4.79 Å². The van der Waals surface area contributed by atoms with Crippen molar-refractivity contribution in [1.82, 2.24) is 29.8 Å². The van der Waals surface area contributed by atoms with E-state index in [1.165, 1.54) is 5.56 Å². The molecule has 4 aliphatic heterocycles. The minimum atomic E-state index is -0.0614. The molecule has 1 N–H and O–H groups in total. The van der Waals surface area contributed by atoms with Crippen molar-refractivity contribution >= 4 is 11.9 Å². The maximum Gasteiger partial charge on any atom is 0.329 e. The molecule has 0 saturated carbocycles. The smallest absolute Gasteiger partial charge is 0.329 e. The molecule has 0 spiro atoms. The SMILES string of the molecule is CC1CN(Cc2cnn(C)c2)CC1C1=NC2=CN(C3CCOCC3)CN2C(=O)N1. The Balaban J connectivity index is 1.29. The third-order valence-electron chi connectivity index (χ3n) is 6.44. The fourth-order valence-electron chi connectivity index (χ4n) is 4.86. The molecule has 5 heterocycles. The molecule has 5 rings (SSSR count). The number of aryl methyl sites for hydroxylation is 1. The van der Waals surface area contributed by atoms with E-state index >= 15 is 0 Å². The van der Waals surface area contributed by atoms with Crippen molar-refractivity contribution in [2.45, 2.75) is 32.4 Å². The molecule has 9 heteroatoms. The van der Waals surface area contributed by atoms with Gasteiger partial charge in [-0.25, -0.2) is 9.79 Å². The van der Waals surface area contributed by atoms with Gasteiger partial charge in [-0.2, -0.15) is 5.10 Å². The van der Waals surface area contributed by atoms with E-state index in [4.69, 9.17) is 9.73 Å². The molecule has 29 heavy (non-hydrogen) atoms. The molecule has 0 radical (unpaired) electrons. The number of carbonyl (C=O) groups is 1. The van der Waals surface area contributed by atoms with Gasteiger partial charge in [0.15, 0.2) is 5.82 Å². The fourth-order valence-corrected chi connectivity index (χ4v) is 4.86. The van der Waals surface area contributed by atoms with Gasteiger partial charge in [0, 0.05) is 69.8 Å². The minimum Gasteiger partial charge on any atom is -0.381 e. The second-order valence-electron chi connectivity index (χ2n) is 8.64. The number of nitrogens with zero attached hydrogens (tertiary/aromatic N) is 6. The minimum absolute atomic E-state index is 0.0614. The summed E-state index contributed by atoms with van der Waals surface area (Å²) in [5, 5.41) is 7.34. The predicted molar refractivity (Wildman–Crippen MR) is 108 cm³/mol. The maximum atomic E-state index is 12.8. The Morgan fingerprint density at radius 2 is 2.10 bits per heavy atom. The van der Waals surface area contributed by atoms with Gasteiger partial charge in [0.2, 0.25) is 0 Å². The highest BCUT2D eigenvalue weighted by Gasteiger charge is 2.40. The Morgan fingerprint density at radius 3 is 2.86 bits per heavy atom. The molecule has 1 aromatic rings. The van der Waals surface area contributed by atoms with Gasteiger partial charge < -0.3 is 9.64 Å². The van der Waals surface area contributed by atoms with Crippen molar-refractivity contribution in [3.8, 4) is 0 Å². The summed E-state index contributed by atoms with van der Waals surface area (Å²) in [5.74, 6) is 2.25. The van der Waals surface area contributed by atoms with E-state index in [9.17, 15) is 4.79 Å². The zero-order valence-corrected chi connectivity index (χ0v) is 17.1. The molecule has 1 aromatic heterocycles. The van der Waals surface area contributed by atoms with E-state index in [0.29, 0.717) is 18.6 Å². The molecular formula is C20H29N7O2. The van der Waals surface area contributed by atoms with Crippen LogP contribution in [0.25, 0.3) is 0 Å². The van der Waals surface area contributed by atoms with E-state index in [0.717, 1.165) is 57.3 Å². The van der Waals surface area contributed by atoms with Gasteiger partial charge in [-0.3, -0.25) is 19.8 Å². The highest BCUT2D eigenvalue weighted by atomic mass is 16.5. The molecule has 156 valence electrons. The topological polar surface area (TPSA) is 78.2 Å². The summed E-state index contributed by atoms with van der Waals surface area (Å²) < 4.78 is 7.31. The lowest BCUT2D eigenvalue weighted by atomic mass is 9.96. The first-order chi connectivity index (χ1) is 14.1. The van der Waals surface area contributed by atoms with Crippen LogP contribution in [0.3, 0.4) is 0 Å². The van der Waals surface area contributed by atoms with Gasteiger partial charge in [-0.15, -0.1) is 0 Å². The third-order valence-corrected chi connectivity index (χ3v) is 6.44. The molecule has 2 atom stereocenters. The van der Waals surface area contributed by atoms with E-state index < -0.39 is 0 Å². The number of amidine groups is 1. The fraction of sp³-hybridized carbons (Fsp3) is 0.650. The lowest BCUT2D eigenvalue weighted by Gasteiger charge is -2.32. The Bertz CT molecular complexity index is 842. The number of aliphatic imine (C=N–C) groups is 1. The standard InChI is InChI=1S/C20H29N7O2/c1-14-8-25(10-15-7-21-24(2)9-15)11-17(14)19-22-18-12-26(13-27(18)20(28)23-19)16-3-5-29-6-4-16/h7,9,12,14,16-17H,3-6,8,10-11,13H2,1-2H3,(H,22,23,28). The van der Waals surface area contributed by atoms with Crippen molar-refractivity contribution in [3.63, 3.8) is 0 Å². The summed E-state index contributed by atoms with van der Waals surface area (Å²) in [6.45, 7) is 7.16. The summed E-state index contributed by atoms with van der Waals surface area (Å²) in [6, 6.07) is 0.363. The number of rotatable bonds is 4. The van der Waals surface area contributed by atoms with E-state index in [2.05, 4.69) is 39.5 Å². The van der Waals surface area contributed by atoms with Crippen LogP contribution in [0.2, 0.25) is 0 Å². The Hall–Kier alpha value is -2.39. The number of fused-ring (bicyclic) bond motifs is 1. The van der Waals surface area contributed by atoms with Gasteiger partial charge in [0.05, 0.1) is 6.20 Å². The normalized spacial score (nSPS) is 28.4. The van der Waals surface area contributed by atoms with Crippen molar-refractivity contribution in [2.24, 2.45) is 23.9 Å². The highest BCUT2D eigenvalue weighted by Crippen LogP contribution is 2.30. The summed E-state index contributed by atoms with van der Waals surface area (Å²) >= 11 is 0. The van der Waals surface area contributed by atoms with Gasteiger partial charge in [-0.05, 0) is 18.8 Å². The van der Waals surface area contributed by atoms with Crippen LogP contribution in [0.15, 0.2) is 29.4 Å². The zero-order chi connectivity index (χ0) is 20.0. The average molecular weight is 399 g/mol. The average Bonchev–Trinajstić information content (AvgIpc) is 3.41. The van der Waals surface area contributed by atoms with Crippen LogP contribution >= 0.6 is 0 Å². The monoisotopic (exact) mass is 399 g/mol. The van der Waals surface area contributed by atoms with Gasteiger partial charge in [-0.1, -0.05) is 6.92 Å². The quantitative estimate of drug-likeness (QED) is 0.822. The maximum absolute atomic E-state index is 12.8. The molecule has 2 fully saturated rings. The highest BCUT2D eigenvalue weighted by molar-refractivity contribution is 6.02. The summed E-state index contributed by atoms with van der Waals surface area (Å²) in [7, 11) is 1.94. The lowest BCUT2D eigenvalue weighted by Crippen LogP contribution is -2.50.